The smallest absolute Gasteiger partial charge is 0.371 e. The minimum absolute atomic E-state index is 0.143. The SMILES string of the molecule is CCCNC(=O)CNC(=O)c1ccc(C(=O)O)o1. The molecule has 0 spiro atoms. The van der Waals surface area contributed by atoms with Gasteiger partial charge in [-0.3, -0.25) is 9.59 Å². The first-order valence-electron chi connectivity index (χ1n) is 5.42. The highest BCUT2D eigenvalue weighted by molar-refractivity contribution is 5.95. The lowest BCUT2D eigenvalue weighted by Crippen LogP contribution is -2.37. The monoisotopic (exact) mass is 254 g/mol. The summed E-state index contributed by atoms with van der Waals surface area (Å²) in [5, 5.41) is 13.5. The molecular formula is C11H14N2O5. The van der Waals surface area contributed by atoms with Crippen LogP contribution in [0.4, 0.5) is 0 Å². The van der Waals surface area contributed by atoms with Crippen molar-refractivity contribution in [1.82, 2.24) is 10.6 Å². The third kappa shape index (κ3) is 3.93. The number of nitrogens with one attached hydrogen (secondary N) is 2. The fraction of sp³-hybridized carbons (Fsp3) is 0.364. The van der Waals surface area contributed by atoms with Gasteiger partial charge in [-0.05, 0) is 18.6 Å². The van der Waals surface area contributed by atoms with Gasteiger partial charge in [-0.15, -0.1) is 0 Å². The van der Waals surface area contributed by atoms with E-state index in [1.165, 1.54) is 12.1 Å². The van der Waals surface area contributed by atoms with Gasteiger partial charge < -0.3 is 20.2 Å². The topological polar surface area (TPSA) is 109 Å². The molecule has 0 aromatic carbocycles. The van der Waals surface area contributed by atoms with Gasteiger partial charge in [-0.25, -0.2) is 4.79 Å². The molecule has 98 valence electrons. The number of carboxylic acid groups (broad SMARTS) is 1. The zero-order chi connectivity index (χ0) is 13.5. The molecule has 0 saturated carbocycles. The van der Waals surface area contributed by atoms with Crippen molar-refractivity contribution < 1.29 is 23.9 Å². The number of rotatable bonds is 6. The first kappa shape index (κ1) is 13.8. The Hall–Kier alpha value is -2.31. The predicted molar refractivity (Wildman–Crippen MR) is 61.3 cm³/mol. The van der Waals surface area contributed by atoms with E-state index in [1.807, 2.05) is 6.92 Å². The molecule has 1 heterocycles. The molecule has 0 unspecified atom stereocenters. The van der Waals surface area contributed by atoms with Crippen LogP contribution in [-0.2, 0) is 4.79 Å². The fourth-order valence-corrected chi connectivity index (χ4v) is 1.15. The molecular weight excluding hydrogens is 240 g/mol. The van der Waals surface area contributed by atoms with E-state index in [2.05, 4.69) is 10.6 Å². The summed E-state index contributed by atoms with van der Waals surface area (Å²) in [4.78, 5) is 33.2. The van der Waals surface area contributed by atoms with E-state index in [4.69, 9.17) is 9.52 Å². The molecule has 2 amide bonds. The minimum Gasteiger partial charge on any atom is -0.475 e. The van der Waals surface area contributed by atoms with E-state index < -0.39 is 11.9 Å². The largest absolute Gasteiger partial charge is 0.475 e. The maximum absolute atomic E-state index is 11.5. The van der Waals surface area contributed by atoms with E-state index in [0.29, 0.717) is 6.54 Å². The van der Waals surface area contributed by atoms with Gasteiger partial charge in [0, 0.05) is 6.54 Å². The number of hydrogen-bond donors (Lipinski definition) is 3. The molecule has 0 aliphatic heterocycles. The molecule has 1 aromatic heterocycles. The number of furan rings is 1. The number of carbonyl (C=O) groups excluding carboxylic acids is 2. The molecule has 7 nitrogen and oxygen atoms in total. The summed E-state index contributed by atoms with van der Waals surface area (Å²) in [7, 11) is 0. The maximum atomic E-state index is 11.5. The van der Waals surface area contributed by atoms with E-state index >= 15 is 0 Å². The second-order valence-electron chi connectivity index (χ2n) is 3.50. The highest BCUT2D eigenvalue weighted by Crippen LogP contribution is 2.07. The Kier molecular flexibility index (Phi) is 4.91. The van der Waals surface area contributed by atoms with Crippen LogP contribution in [0.3, 0.4) is 0 Å². The van der Waals surface area contributed by atoms with Crippen LogP contribution >= 0.6 is 0 Å². The summed E-state index contributed by atoms with van der Waals surface area (Å²) >= 11 is 0. The Morgan fingerprint density at radius 3 is 2.44 bits per heavy atom. The lowest BCUT2D eigenvalue weighted by atomic mass is 10.4. The molecule has 0 fully saturated rings. The fourth-order valence-electron chi connectivity index (χ4n) is 1.15. The number of hydrogen-bond acceptors (Lipinski definition) is 4. The Labute approximate surface area is 103 Å². The normalized spacial score (nSPS) is 9.83. The standard InChI is InChI=1S/C11H14N2O5/c1-2-5-12-9(14)6-13-10(15)7-3-4-8(18-7)11(16)17/h3-4H,2,5-6H2,1H3,(H,12,14)(H,13,15)(H,16,17). The van der Waals surface area contributed by atoms with Crippen LogP contribution in [0.5, 0.6) is 0 Å². The van der Waals surface area contributed by atoms with E-state index in [1.54, 1.807) is 0 Å². The Balaban J connectivity index is 2.45. The number of carboxylic acids is 1. The molecule has 3 N–H and O–H groups in total. The van der Waals surface area contributed by atoms with Gasteiger partial charge in [-0.1, -0.05) is 6.92 Å². The van der Waals surface area contributed by atoms with Crippen molar-refractivity contribution in [2.75, 3.05) is 13.1 Å². The highest BCUT2D eigenvalue weighted by atomic mass is 16.4. The second-order valence-corrected chi connectivity index (χ2v) is 3.50. The second kappa shape index (κ2) is 6.43. The van der Waals surface area contributed by atoms with Crippen molar-refractivity contribution in [2.45, 2.75) is 13.3 Å². The summed E-state index contributed by atoms with van der Waals surface area (Å²) in [5.41, 5.74) is 0. The van der Waals surface area contributed by atoms with Gasteiger partial charge in [-0.2, -0.15) is 0 Å². The molecule has 18 heavy (non-hydrogen) atoms. The Bertz CT molecular complexity index is 452. The highest BCUT2D eigenvalue weighted by Gasteiger charge is 2.15. The zero-order valence-corrected chi connectivity index (χ0v) is 9.86. The predicted octanol–water partition coefficient (Wildman–Crippen LogP) is 0.234. The molecule has 0 atom stereocenters. The minimum atomic E-state index is -1.25. The summed E-state index contributed by atoms with van der Waals surface area (Å²) in [6.45, 7) is 2.27. The van der Waals surface area contributed by atoms with Crippen LogP contribution in [0, 0.1) is 0 Å². The molecule has 7 heteroatoms. The van der Waals surface area contributed by atoms with Gasteiger partial charge in [0.15, 0.2) is 5.76 Å². The van der Waals surface area contributed by atoms with Crippen LogP contribution in [-0.4, -0.2) is 36.0 Å². The van der Waals surface area contributed by atoms with Crippen molar-refractivity contribution in [3.05, 3.63) is 23.7 Å². The van der Waals surface area contributed by atoms with Gasteiger partial charge in [0.2, 0.25) is 11.7 Å². The van der Waals surface area contributed by atoms with E-state index in [-0.39, 0.29) is 24.0 Å². The zero-order valence-electron chi connectivity index (χ0n) is 9.86. The lowest BCUT2D eigenvalue weighted by Gasteiger charge is -2.04. The van der Waals surface area contributed by atoms with Gasteiger partial charge in [0.25, 0.3) is 5.91 Å². The molecule has 0 bridgehead atoms. The number of amides is 2. The van der Waals surface area contributed by atoms with Gasteiger partial charge in [0.1, 0.15) is 0 Å². The van der Waals surface area contributed by atoms with E-state index in [0.717, 1.165) is 6.42 Å². The Morgan fingerprint density at radius 2 is 1.89 bits per heavy atom. The average Bonchev–Trinajstić information content (AvgIpc) is 2.83. The molecule has 0 aliphatic carbocycles. The van der Waals surface area contributed by atoms with Crippen molar-refractivity contribution in [2.24, 2.45) is 0 Å². The van der Waals surface area contributed by atoms with Crippen LogP contribution in [0.15, 0.2) is 16.5 Å². The first-order valence-corrected chi connectivity index (χ1v) is 5.42. The van der Waals surface area contributed by atoms with Crippen LogP contribution in [0.2, 0.25) is 0 Å². The summed E-state index contributed by atoms with van der Waals surface area (Å²) < 4.78 is 4.78. The summed E-state index contributed by atoms with van der Waals surface area (Å²) in [6.07, 6.45) is 0.805. The third-order valence-electron chi connectivity index (χ3n) is 2.02. The van der Waals surface area contributed by atoms with Crippen LogP contribution < -0.4 is 10.6 Å². The van der Waals surface area contributed by atoms with Gasteiger partial charge in [0.05, 0.1) is 6.54 Å². The van der Waals surface area contributed by atoms with Crippen LogP contribution in [0.1, 0.15) is 34.5 Å². The Morgan fingerprint density at radius 1 is 1.22 bits per heavy atom. The molecule has 0 aliphatic rings. The molecule has 1 rings (SSSR count). The molecule has 0 saturated heterocycles. The number of carbonyl (C=O) groups is 3. The maximum Gasteiger partial charge on any atom is 0.371 e. The molecule has 0 radical (unpaired) electrons. The van der Waals surface area contributed by atoms with Crippen molar-refractivity contribution in [3.8, 4) is 0 Å². The lowest BCUT2D eigenvalue weighted by molar-refractivity contribution is -0.120. The molecule has 1 aromatic rings. The third-order valence-corrected chi connectivity index (χ3v) is 2.02. The summed E-state index contributed by atoms with van der Waals surface area (Å²) in [6, 6.07) is 2.41. The van der Waals surface area contributed by atoms with Crippen LogP contribution in [0.25, 0.3) is 0 Å². The number of aromatic carboxylic acids is 1. The summed E-state index contributed by atoms with van der Waals surface area (Å²) in [5.74, 6) is -2.66. The quantitative estimate of drug-likeness (QED) is 0.673. The first-order chi connectivity index (χ1) is 8.54. The van der Waals surface area contributed by atoms with Crippen molar-refractivity contribution in [1.29, 1.82) is 0 Å². The van der Waals surface area contributed by atoms with Gasteiger partial charge >= 0.3 is 5.97 Å². The van der Waals surface area contributed by atoms with Crippen molar-refractivity contribution >= 4 is 17.8 Å². The van der Waals surface area contributed by atoms with E-state index in [9.17, 15) is 14.4 Å². The van der Waals surface area contributed by atoms with Crippen molar-refractivity contribution in [3.63, 3.8) is 0 Å². The average molecular weight is 254 g/mol.